The first-order valence-electron chi connectivity index (χ1n) is 4.89. The van der Waals surface area contributed by atoms with E-state index in [4.69, 9.17) is 4.74 Å². The zero-order chi connectivity index (χ0) is 10.8. The van der Waals surface area contributed by atoms with Gasteiger partial charge in [-0.3, -0.25) is 0 Å². The maximum Gasteiger partial charge on any atom is 0.137 e. The molecule has 0 bridgehead atoms. The quantitative estimate of drug-likeness (QED) is 0.735. The molecule has 1 saturated heterocycles. The van der Waals surface area contributed by atoms with Gasteiger partial charge in [0.05, 0.1) is 15.4 Å². The van der Waals surface area contributed by atoms with Crippen LogP contribution < -0.4 is 0 Å². The molecule has 82 valence electrons. The van der Waals surface area contributed by atoms with Crippen molar-refractivity contribution in [2.45, 2.75) is 23.8 Å². The Bertz CT molecular complexity index is 350. The van der Waals surface area contributed by atoms with Crippen molar-refractivity contribution in [2.24, 2.45) is 0 Å². The highest BCUT2D eigenvalue weighted by Crippen LogP contribution is 2.35. The summed E-state index contributed by atoms with van der Waals surface area (Å²) < 4.78 is 19.1. The fourth-order valence-corrected chi connectivity index (χ4v) is 2.83. The van der Waals surface area contributed by atoms with Crippen LogP contribution in [0.3, 0.4) is 0 Å². The second-order valence-corrected chi connectivity index (χ2v) is 5.47. The van der Waals surface area contributed by atoms with Gasteiger partial charge >= 0.3 is 0 Å². The van der Waals surface area contributed by atoms with Crippen LogP contribution in [-0.4, -0.2) is 12.7 Å². The van der Waals surface area contributed by atoms with Crippen molar-refractivity contribution >= 4 is 31.9 Å². The summed E-state index contributed by atoms with van der Waals surface area (Å²) in [4.78, 5) is 0.150. The van der Waals surface area contributed by atoms with Crippen molar-refractivity contribution in [3.05, 3.63) is 34.1 Å². The Morgan fingerprint density at radius 1 is 1.47 bits per heavy atom. The summed E-state index contributed by atoms with van der Waals surface area (Å²) in [5.74, 6) is -0.231. The predicted octanol–water partition coefficient (Wildman–Crippen LogP) is 4.20. The molecule has 1 aliphatic heterocycles. The topological polar surface area (TPSA) is 9.23 Å². The fourth-order valence-electron chi connectivity index (χ4n) is 1.73. The molecule has 1 fully saturated rings. The van der Waals surface area contributed by atoms with Gasteiger partial charge in [0.2, 0.25) is 0 Å². The normalized spacial score (nSPS) is 23.0. The second kappa shape index (κ2) is 4.93. The van der Waals surface area contributed by atoms with Gasteiger partial charge in [0, 0.05) is 6.61 Å². The molecule has 1 aromatic rings. The molecular formula is C11H11Br2FO. The lowest BCUT2D eigenvalue weighted by molar-refractivity contribution is 0.110. The molecule has 0 aliphatic carbocycles. The smallest absolute Gasteiger partial charge is 0.137 e. The average Bonchev–Trinajstić information content (AvgIpc) is 2.74. The minimum Gasteiger partial charge on any atom is -0.377 e. The van der Waals surface area contributed by atoms with Crippen LogP contribution in [-0.2, 0) is 4.74 Å². The maximum absolute atomic E-state index is 13.0. The second-order valence-electron chi connectivity index (χ2n) is 3.63. The zero-order valence-corrected chi connectivity index (χ0v) is 11.2. The van der Waals surface area contributed by atoms with Crippen LogP contribution in [0.2, 0.25) is 0 Å². The highest BCUT2D eigenvalue weighted by atomic mass is 79.9. The van der Waals surface area contributed by atoms with Gasteiger partial charge in [-0.05, 0) is 46.5 Å². The lowest BCUT2D eigenvalue weighted by atomic mass is 10.1. The van der Waals surface area contributed by atoms with E-state index in [9.17, 15) is 4.39 Å². The van der Waals surface area contributed by atoms with Crippen LogP contribution in [0, 0.1) is 5.82 Å². The van der Waals surface area contributed by atoms with Crippen LogP contribution in [0.15, 0.2) is 22.7 Å². The zero-order valence-electron chi connectivity index (χ0n) is 8.05. The molecule has 0 aromatic heterocycles. The van der Waals surface area contributed by atoms with Crippen molar-refractivity contribution < 1.29 is 9.13 Å². The van der Waals surface area contributed by atoms with Gasteiger partial charge in [-0.2, -0.15) is 0 Å². The summed E-state index contributed by atoms with van der Waals surface area (Å²) in [6, 6.07) is 5.07. The van der Waals surface area contributed by atoms with Crippen LogP contribution in [0.1, 0.15) is 23.2 Å². The van der Waals surface area contributed by atoms with Crippen molar-refractivity contribution in [3.8, 4) is 0 Å². The summed E-state index contributed by atoms with van der Waals surface area (Å²) in [5, 5.41) is 0. The fraction of sp³-hybridized carbons (Fsp3) is 0.455. The third-order valence-electron chi connectivity index (χ3n) is 2.55. The highest BCUT2D eigenvalue weighted by Gasteiger charge is 2.25. The van der Waals surface area contributed by atoms with E-state index in [1.165, 1.54) is 6.07 Å². The van der Waals surface area contributed by atoms with Crippen molar-refractivity contribution in [1.82, 2.24) is 0 Å². The lowest BCUT2D eigenvalue weighted by Crippen LogP contribution is -2.12. The molecule has 0 saturated carbocycles. The first kappa shape index (κ1) is 11.6. The number of hydrogen-bond acceptors (Lipinski definition) is 1. The molecule has 2 unspecified atom stereocenters. The van der Waals surface area contributed by atoms with Crippen molar-refractivity contribution in [3.63, 3.8) is 0 Å². The summed E-state index contributed by atoms with van der Waals surface area (Å²) in [7, 11) is 0. The van der Waals surface area contributed by atoms with Crippen LogP contribution in [0.5, 0.6) is 0 Å². The van der Waals surface area contributed by atoms with Gasteiger partial charge in [0.15, 0.2) is 0 Å². The van der Waals surface area contributed by atoms with Gasteiger partial charge in [-0.1, -0.05) is 22.0 Å². The SMILES string of the molecule is Fc1ccc(C(Br)C2CCCO2)cc1Br. The first-order chi connectivity index (χ1) is 7.18. The molecule has 2 rings (SSSR count). The molecule has 1 aromatic carbocycles. The highest BCUT2D eigenvalue weighted by molar-refractivity contribution is 9.10. The summed E-state index contributed by atoms with van der Waals surface area (Å²) in [6.45, 7) is 0.829. The van der Waals surface area contributed by atoms with Crippen molar-refractivity contribution in [1.29, 1.82) is 0 Å². The van der Waals surface area contributed by atoms with E-state index >= 15 is 0 Å². The Morgan fingerprint density at radius 2 is 2.27 bits per heavy atom. The minimum absolute atomic E-state index is 0.150. The Labute approximate surface area is 105 Å². The largest absolute Gasteiger partial charge is 0.377 e. The number of ether oxygens (including phenoxy) is 1. The van der Waals surface area contributed by atoms with E-state index in [-0.39, 0.29) is 16.7 Å². The Morgan fingerprint density at radius 3 is 2.87 bits per heavy atom. The molecule has 1 nitrogen and oxygen atoms in total. The molecule has 0 N–H and O–H groups in total. The molecule has 4 heteroatoms. The maximum atomic E-state index is 13.0. The van der Waals surface area contributed by atoms with E-state index in [0.29, 0.717) is 4.47 Å². The number of benzene rings is 1. The van der Waals surface area contributed by atoms with Gasteiger partial charge in [0.25, 0.3) is 0 Å². The molecule has 15 heavy (non-hydrogen) atoms. The average molecular weight is 338 g/mol. The van der Waals surface area contributed by atoms with Gasteiger partial charge < -0.3 is 4.74 Å². The third kappa shape index (κ3) is 2.60. The molecule has 1 heterocycles. The van der Waals surface area contributed by atoms with E-state index in [0.717, 1.165) is 25.0 Å². The lowest BCUT2D eigenvalue weighted by Gasteiger charge is -2.17. The minimum atomic E-state index is -0.231. The van der Waals surface area contributed by atoms with E-state index in [1.54, 1.807) is 12.1 Å². The number of halogens is 3. The monoisotopic (exact) mass is 336 g/mol. The molecule has 2 atom stereocenters. The summed E-state index contributed by atoms with van der Waals surface area (Å²) in [6.07, 6.45) is 2.38. The van der Waals surface area contributed by atoms with Gasteiger partial charge in [-0.15, -0.1) is 0 Å². The Hall–Kier alpha value is 0.0700. The van der Waals surface area contributed by atoms with E-state index in [1.807, 2.05) is 0 Å². The molecule has 1 aliphatic rings. The summed E-state index contributed by atoms with van der Waals surface area (Å²) in [5.41, 5.74) is 1.05. The third-order valence-corrected chi connectivity index (χ3v) is 4.28. The first-order valence-corrected chi connectivity index (χ1v) is 6.60. The van der Waals surface area contributed by atoms with Crippen molar-refractivity contribution in [2.75, 3.05) is 6.61 Å². The Kier molecular flexibility index (Phi) is 3.80. The van der Waals surface area contributed by atoms with Crippen LogP contribution in [0.25, 0.3) is 0 Å². The number of alkyl halides is 1. The van der Waals surface area contributed by atoms with E-state index < -0.39 is 0 Å². The number of hydrogen-bond donors (Lipinski definition) is 0. The Balaban J connectivity index is 2.17. The van der Waals surface area contributed by atoms with Gasteiger partial charge in [-0.25, -0.2) is 4.39 Å². The van der Waals surface area contributed by atoms with Crippen LogP contribution >= 0.6 is 31.9 Å². The molecule has 0 amide bonds. The van der Waals surface area contributed by atoms with Gasteiger partial charge in [0.1, 0.15) is 5.82 Å². The number of rotatable bonds is 2. The molecular weight excluding hydrogens is 327 g/mol. The predicted molar refractivity (Wildman–Crippen MR) is 64.7 cm³/mol. The molecule has 0 radical (unpaired) electrons. The molecule has 0 spiro atoms. The standard InChI is InChI=1S/C11H11Br2FO/c12-8-6-7(3-4-9(8)14)11(13)10-2-1-5-15-10/h3-4,6,10-11H,1-2,5H2. The van der Waals surface area contributed by atoms with Crippen LogP contribution in [0.4, 0.5) is 4.39 Å². The van der Waals surface area contributed by atoms with E-state index in [2.05, 4.69) is 31.9 Å². The summed E-state index contributed by atoms with van der Waals surface area (Å²) >= 11 is 6.79.